The molecule has 1 atom stereocenters. The van der Waals surface area contributed by atoms with E-state index in [4.69, 9.17) is 4.28 Å². The molecule has 1 rings (SSSR count). The van der Waals surface area contributed by atoms with Gasteiger partial charge in [0, 0.05) is 12.6 Å². The SMILES string of the molecule is CC1CCCN1OS(C)(=O)=O. The lowest BCUT2D eigenvalue weighted by Crippen LogP contribution is -2.29. The molecule has 0 aliphatic carbocycles. The molecule has 0 radical (unpaired) electrons. The van der Waals surface area contributed by atoms with E-state index in [-0.39, 0.29) is 6.04 Å². The minimum Gasteiger partial charge on any atom is -0.198 e. The van der Waals surface area contributed by atoms with Crippen LogP contribution in [0.3, 0.4) is 0 Å². The summed E-state index contributed by atoms with van der Waals surface area (Å²) in [4.78, 5) is 0. The predicted molar refractivity (Wildman–Crippen MR) is 41.3 cm³/mol. The second-order valence-electron chi connectivity index (χ2n) is 2.91. The van der Waals surface area contributed by atoms with Gasteiger partial charge in [0.05, 0.1) is 6.26 Å². The van der Waals surface area contributed by atoms with Crippen molar-refractivity contribution in [2.24, 2.45) is 0 Å². The Morgan fingerprint density at radius 1 is 1.55 bits per heavy atom. The first-order chi connectivity index (χ1) is 4.99. The van der Waals surface area contributed by atoms with Crippen molar-refractivity contribution in [3.05, 3.63) is 0 Å². The van der Waals surface area contributed by atoms with Crippen LogP contribution >= 0.6 is 0 Å². The van der Waals surface area contributed by atoms with Crippen LogP contribution in [0.25, 0.3) is 0 Å². The van der Waals surface area contributed by atoms with Crippen molar-refractivity contribution in [2.45, 2.75) is 25.8 Å². The van der Waals surface area contributed by atoms with Crippen LogP contribution in [0.2, 0.25) is 0 Å². The van der Waals surface area contributed by atoms with E-state index >= 15 is 0 Å². The Balaban J connectivity index is 2.50. The highest BCUT2D eigenvalue weighted by molar-refractivity contribution is 7.85. The summed E-state index contributed by atoms with van der Waals surface area (Å²) in [5, 5.41) is 1.52. The molecule has 66 valence electrons. The van der Waals surface area contributed by atoms with Gasteiger partial charge in [-0.05, 0) is 19.8 Å². The number of rotatable bonds is 2. The molecular formula is C6H13NO3S. The zero-order chi connectivity index (χ0) is 8.48. The van der Waals surface area contributed by atoms with E-state index in [0.717, 1.165) is 19.1 Å². The van der Waals surface area contributed by atoms with Crippen molar-refractivity contribution in [3.63, 3.8) is 0 Å². The quantitative estimate of drug-likeness (QED) is 0.614. The van der Waals surface area contributed by atoms with Crippen LogP contribution in [0.4, 0.5) is 0 Å². The van der Waals surface area contributed by atoms with Gasteiger partial charge in [-0.25, -0.2) is 0 Å². The molecule has 4 nitrogen and oxygen atoms in total. The molecule has 0 bridgehead atoms. The van der Waals surface area contributed by atoms with Gasteiger partial charge in [-0.2, -0.15) is 17.8 Å². The third-order valence-corrected chi connectivity index (χ3v) is 2.19. The van der Waals surface area contributed by atoms with Crippen LogP contribution in [0, 0.1) is 0 Å². The second-order valence-corrected chi connectivity index (χ2v) is 4.47. The minimum absolute atomic E-state index is 0.227. The van der Waals surface area contributed by atoms with Crippen LogP contribution in [0.1, 0.15) is 19.8 Å². The van der Waals surface area contributed by atoms with Crippen LogP contribution < -0.4 is 0 Å². The third-order valence-electron chi connectivity index (χ3n) is 1.72. The number of hydroxylamine groups is 2. The van der Waals surface area contributed by atoms with E-state index in [1.54, 1.807) is 0 Å². The van der Waals surface area contributed by atoms with Gasteiger partial charge in [0.15, 0.2) is 0 Å². The van der Waals surface area contributed by atoms with Crippen molar-refractivity contribution in [3.8, 4) is 0 Å². The van der Waals surface area contributed by atoms with Gasteiger partial charge >= 0.3 is 0 Å². The maximum absolute atomic E-state index is 10.7. The van der Waals surface area contributed by atoms with Crippen molar-refractivity contribution >= 4 is 10.1 Å². The molecule has 0 N–H and O–H groups in total. The molecule has 1 unspecified atom stereocenters. The van der Waals surface area contributed by atoms with E-state index < -0.39 is 10.1 Å². The molecule has 11 heavy (non-hydrogen) atoms. The molecule has 0 amide bonds. The summed E-state index contributed by atoms with van der Waals surface area (Å²) in [6.45, 7) is 2.67. The third kappa shape index (κ3) is 2.76. The fourth-order valence-corrected chi connectivity index (χ4v) is 1.76. The summed E-state index contributed by atoms with van der Waals surface area (Å²) in [5.41, 5.74) is 0. The Kier molecular flexibility index (Phi) is 2.51. The fraction of sp³-hybridized carbons (Fsp3) is 1.00. The van der Waals surface area contributed by atoms with E-state index in [0.29, 0.717) is 6.54 Å². The summed E-state index contributed by atoms with van der Waals surface area (Å²) in [6, 6.07) is 0.227. The Labute approximate surface area is 67.2 Å². The van der Waals surface area contributed by atoms with Gasteiger partial charge in [-0.15, -0.1) is 0 Å². The summed E-state index contributed by atoms with van der Waals surface area (Å²) < 4.78 is 26.1. The van der Waals surface area contributed by atoms with Gasteiger partial charge < -0.3 is 0 Å². The zero-order valence-electron chi connectivity index (χ0n) is 6.78. The van der Waals surface area contributed by atoms with Gasteiger partial charge in [-0.3, -0.25) is 0 Å². The molecule has 0 aromatic heterocycles. The normalized spacial score (nSPS) is 27.6. The first-order valence-corrected chi connectivity index (χ1v) is 5.47. The van der Waals surface area contributed by atoms with Crippen molar-refractivity contribution < 1.29 is 12.7 Å². The largest absolute Gasteiger partial charge is 0.280 e. The molecule has 0 aromatic rings. The summed E-state index contributed by atoms with van der Waals surface area (Å²) in [6.07, 6.45) is 3.09. The van der Waals surface area contributed by atoms with Gasteiger partial charge in [0.1, 0.15) is 0 Å². The number of nitrogens with zero attached hydrogens (tertiary/aromatic N) is 1. The van der Waals surface area contributed by atoms with E-state index in [1.807, 2.05) is 6.92 Å². The maximum Gasteiger partial charge on any atom is 0.280 e. The molecule has 1 aliphatic rings. The molecule has 1 fully saturated rings. The smallest absolute Gasteiger partial charge is 0.198 e. The van der Waals surface area contributed by atoms with Crippen LogP contribution in [-0.2, 0) is 14.4 Å². The van der Waals surface area contributed by atoms with Crippen LogP contribution in [0.15, 0.2) is 0 Å². The lowest BCUT2D eigenvalue weighted by atomic mass is 10.3. The van der Waals surface area contributed by atoms with Gasteiger partial charge in [0.2, 0.25) is 0 Å². The average molecular weight is 179 g/mol. The highest BCUT2D eigenvalue weighted by Crippen LogP contribution is 2.17. The summed E-state index contributed by atoms with van der Waals surface area (Å²) in [7, 11) is -3.31. The first kappa shape index (κ1) is 8.96. The summed E-state index contributed by atoms with van der Waals surface area (Å²) >= 11 is 0. The van der Waals surface area contributed by atoms with E-state index in [9.17, 15) is 8.42 Å². The first-order valence-electron chi connectivity index (χ1n) is 3.65. The second kappa shape index (κ2) is 3.08. The Morgan fingerprint density at radius 3 is 2.55 bits per heavy atom. The van der Waals surface area contributed by atoms with Gasteiger partial charge in [0.25, 0.3) is 10.1 Å². The summed E-state index contributed by atoms with van der Waals surface area (Å²) in [5.74, 6) is 0. The highest BCUT2D eigenvalue weighted by Gasteiger charge is 2.24. The lowest BCUT2D eigenvalue weighted by molar-refractivity contribution is -0.0570. The van der Waals surface area contributed by atoms with Crippen LogP contribution in [-0.4, -0.2) is 32.3 Å². The Bertz CT molecular complexity index is 224. The molecule has 1 heterocycles. The van der Waals surface area contributed by atoms with E-state index in [2.05, 4.69) is 0 Å². The average Bonchev–Trinajstić information content (AvgIpc) is 2.12. The number of hydrogen-bond donors (Lipinski definition) is 0. The molecule has 0 saturated carbocycles. The molecule has 5 heteroatoms. The molecule has 0 aromatic carbocycles. The fourth-order valence-electron chi connectivity index (χ4n) is 1.19. The minimum atomic E-state index is -3.31. The van der Waals surface area contributed by atoms with Crippen molar-refractivity contribution in [2.75, 3.05) is 12.8 Å². The Morgan fingerprint density at radius 2 is 2.18 bits per heavy atom. The van der Waals surface area contributed by atoms with Crippen LogP contribution in [0.5, 0.6) is 0 Å². The van der Waals surface area contributed by atoms with E-state index in [1.165, 1.54) is 5.06 Å². The maximum atomic E-state index is 10.7. The monoisotopic (exact) mass is 179 g/mol. The number of hydrogen-bond acceptors (Lipinski definition) is 4. The molecule has 1 aliphatic heterocycles. The molecule has 0 spiro atoms. The Hall–Kier alpha value is -0.130. The molecular weight excluding hydrogens is 166 g/mol. The lowest BCUT2D eigenvalue weighted by Gasteiger charge is -2.17. The van der Waals surface area contributed by atoms with Gasteiger partial charge in [-0.1, -0.05) is 0 Å². The predicted octanol–water partition coefficient (Wildman–Crippen LogP) is 0.362. The standard InChI is InChI=1S/C6H13NO3S/c1-6-4-3-5-7(6)10-11(2,8)9/h6H,3-5H2,1-2H3. The molecule has 1 saturated heterocycles. The highest BCUT2D eigenvalue weighted by atomic mass is 32.2. The zero-order valence-corrected chi connectivity index (χ0v) is 7.60. The van der Waals surface area contributed by atoms with Crippen molar-refractivity contribution in [1.29, 1.82) is 0 Å². The topological polar surface area (TPSA) is 46.6 Å². The van der Waals surface area contributed by atoms with Crippen molar-refractivity contribution in [1.82, 2.24) is 5.06 Å².